The van der Waals surface area contributed by atoms with Gasteiger partial charge in [0, 0.05) is 61.3 Å². The molecule has 2 aliphatic heterocycles. The molecule has 9 nitrogen and oxygen atoms in total. The van der Waals surface area contributed by atoms with Crippen molar-refractivity contribution in [3.8, 4) is 11.5 Å². The minimum atomic E-state index is 0.245. The summed E-state index contributed by atoms with van der Waals surface area (Å²) in [4.78, 5) is 22.2. The number of benzene rings is 3. The first kappa shape index (κ1) is 29.1. The van der Waals surface area contributed by atoms with Crippen molar-refractivity contribution < 1.29 is 14.3 Å². The van der Waals surface area contributed by atoms with Gasteiger partial charge in [-0.05, 0) is 54.3 Å². The van der Waals surface area contributed by atoms with Crippen LogP contribution in [-0.2, 0) is 17.9 Å². The van der Waals surface area contributed by atoms with Crippen molar-refractivity contribution in [2.24, 2.45) is 0 Å². The van der Waals surface area contributed by atoms with E-state index in [1.807, 2.05) is 23.1 Å². The summed E-state index contributed by atoms with van der Waals surface area (Å²) in [6.07, 6.45) is 2.34. The number of nitrogens with zero attached hydrogens (tertiary/aromatic N) is 6. The first-order valence-electron chi connectivity index (χ1n) is 15.0. The van der Waals surface area contributed by atoms with Crippen LogP contribution in [0.1, 0.15) is 30.4 Å². The second-order valence-electron chi connectivity index (χ2n) is 11.1. The molecule has 0 bridgehead atoms. The SMILES string of the molecule is O=C(CCCCSc1nnc2c3ccccc3n(Cc3ccc(Br)cc3)c2n1)N1CCN(Cc2ccc3c(c2)OCO3)CC1. The van der Waals surface area contributed by atoms with Crippen molar-refractivity contribution >= 4 is 55.7 Å². The van der Waals surface area contributed by atoms with Crippen molar-refractivity contribution in [1.29, 1.82) is 0 Å². The maximum absolute atomic E-state index is 12.9. The number of piperazine rings is 1. The predicted molar refractivity (Wildman–Crippen MR) is 175 cm³/mol. The van der Waals surface area contributed by atoms with E-state index < -0.39 is 0 Å². The third kappa shape index (κ3) is 6.40. The highest BCUT2D eigenvalue weighted by Crippen LogP contribution is 2.33. The number of carbonyl (C=O) groups excluding carboxylic acids is 1. The standard InChI is InChI=1S/C33H33BrN6O3S/c34-25-11-8-23(9-12-25)21-40-27-6-2-1-5-26(27)31-32(40)35-33(37-36-31)44-18-4-3-7-30(41)39-16-14-38(15-17-39)20-24-10-13-28-29(19-24)43-22-42-28/h1-2,5-6,8-13,19H,3-4,7,14-18,20-22H2. The summed E-state index contributed by atoms with van der Waals surface area (Å²) in [5.41, 5.74) is 5.17. The number of hydrogen-bond acceptors (Lipinski definition) is 8. The number of unbranched alkanes of at least 4 members (excludes halogenated alkanes) is 1. The first-order valence-corrected chi connectivity index (χ1v) is 16.8. The number of aromatic nitrogens is 4. The van der Waals surface area contributed by atoms with E-state index in [-0.39, 0.29) is 5.91 Å². The molecule has 0 atom stereocenters. The van der Waals surface area contributed by atoms with E-state index in [1.165, 1.54) is 11.1 Å². The lowest BCUT2D eigenvalue weighted by molar-refractivity contribution is -0.133. The number of fused-ring (bicyclic) bond motifs is 4. The number of rotatable bonds is 10. The second-order valence-corrected chi connectivity index (χ2v) is 13.1. The molecule has 1 fully saturated rings. The van der Waals surface area contributed by atoms with Crippen LogP contribution < -0.4 is 9.47 Å². The zero-order chi connectivity index (χ0) is 29.9. The van der Waals surface area contributed by atoms with Gasteiger partial charge in [-0.1, -0.05) is 64.1 Å². The summed E-state index contributed by atoms with van der Waals surface area (Å²) >= 11 is 5.13. The van der Waals surface area contributed by atoms with Gasteiger partial charge >= 0.3 is 0 Å². The summed E-state index contributed by atoms with van der Waals surface area (Å²) in [6.45, 7) is 5.14. The normalized spacial score (nSPS) is 15.0. The molecule has 0 N–H and O–H groups in total. The molecule has 4 heterocycles. The average molecular weight is 674 g/mol. The summed E-state index contributed by atoms with van der Waals surface area (Å²) < 4.78 is 14.2. The van der Waals surface area contributed by atoms with E-state index in [0.29, 0.717) is 24.9 Å². The van der Waals surface area contributed by atoms with Gasteiger partial charge in [-0.25, -0.2) is 4.98 Å². The molecular formula is C33H33BrN6O3S. The van der Waals surface area contributed by atoms with E-state index in [9.17, 15) is 4.79 Å². The van der Waals surface area contributed by atoms with Crippen LogP contribution in [0.15, 0.2) is 76.4 Å². The molecule has 5 aromatic rings. The average Bonchev–Trinajstić information content (AvgIpc) is 3.64. The third-order valence-electron chi connectivity index (χ3n) is 8.19. The maximum atomic E-state index is 12.9. The third-order valence-corrected chi connectivity index (χ3v) is 9.65. The van der Waals surface area contributed by atoms with Gasteiger partial charge in [0.1, 0.15) is 5.52 Å². The second kappa shape index (κ2) is 13.1. The molecule has 0 radical (unpaired) electrons. The van der Waals surface area contributed by atoms with Crippen molar-refractivity contribution in [3.05, 3.63) is 82.3 Å². The summed E-state index contributed by atoms with van der Waals surface area (Å²) in [5.74, 6) is 2.72. The van der Waals surface area contributed by atoms with Gasteiger partial charge in [-0.15, -0.1) is 10.2 Å². The summed E-state index contributed by atoms with van der Waals surface area (Å²) in [7, 11) is 0. The number of ether oxygens (including phenoxy) is 2. The van der Waals surface area contributed by atoms with Crippen LogP contribution in [0.25, 0.3) is 22.1 Å². The van der Waals surface area contributed by atoms with Crippen LogP contribution in [0, 0.1) is 0 Å². The van der Waals surface area contributed by atoms with Gasteiger partial charge in [0.2, 0.25) is 17.9 Å². The zero-order valence-corrected chi connectivity index (χ0v) is 26.7. The van der Waals surface area contributed by atoms with Gasteiger partial charge < -0.3 is 18.9 Å². The van der Waals surface area contributed by atoms with Crippen LogP contribution in [0.3, 0.4) is 0 Å². The Balaban J connectivity index is 0.893. The van der Waals surface area contributed by atoms with E-state index in [2.05, 4.69) is 84.1 Å². The molecule has 0 saturated carbocycles. The highest BCUT2D eigenvalue weighted by molar-refractivity contribution is 9.10. The number of thioether (sulfide) groups is 1. The lowest BCUT2D eigenvalue weighted by atomic mass is 10.1. The highest BCUT2D eigenvalue weighted by Gasteiger charge is 2.22. The molecular weight excluding hydrogens is 640 g/mol. The molecule has 0 aliphatic carbocycles. The Kier molecular flexibility index (Phi) is 8.68. The quantitative estimate of drug-likeness (QED) is 0.130. The Morgan fingerprint density at radius 3 is 2.52 bits per heavy atom. The van der Waals surface area contributed by atoms with Crippen LogP contribution in [0.2, 0.25) is 0 Å². The van der Waals surface area contributed by atoms with E-state index >= 15 is 0 Å². The minimum absolute atomic E-state index is 0.245. The molecule has 2 aliphatic rings. The molecule has 1 amide bonds. The van der Waals surface area contributed by atoms with Gasteiger partial charge in [0.05, 0.1) is 5.52 Å². The minimum Gasteiger partial charge on any atom is -0.454 e. The molecule has 2 aromatic heterocycles. The van der Waals surface area contributed by atoms with Crippen LogP contribution in [0.4, 0.5) is 0 Å². The monoisotopic (exact) mass is 672 g/mol. The smallest absolute Gasteiger partial charge is 0.231 e. The van der Waals surface area contributed by atoms with Gasteiger partial charge in [0.25, 0.3) is 0 Å². The maximum Gasteiger partial charge on any atom is 0.231 e. The number of halogens is 1. The number of para-hydroxylation sites is 1. The molecule has 3 aromatic carbocycles. The molecule has 44 heavy (non-hydrogen) atoms. The summed E-state index contributed by atoms with van der Waals surface area (Å²) in [5, 5.41) is 10.7. The Morgan fingerprint density at radius 2 is 1.66 bits per heavy atom. The topological polar surface area (TPSA) is 85.6 Å². The van der Waals surface area contributed by atoms with E-state index in [0.717, 1.165) is 89.4 Å². The Morgan fingerprint density at radius 1 is 0.864 bits per heavy atom. The van der Waals surface area contributed by atoms with Crippen LogP contribution in [0.5, 0.6) is 11.5 Å². The molecule has 7 rings (SSSR count). The van der Waals surface area contributed by atoms with Crippen molar-refractivity contribution in [1.82, 2.24) is 29.5 Å². The lowest BCUT2D eigenvalue weighted by Gasteiger charge is -2.34. The predicted octanol–water partition coefficient (Wildman–Crippen LogP) is 6.13. The highest BCUT2D eigenvalue weighted by atomic mass is 79.9. The lowest BCUT2D eigenvalue weighted by Crippen LogP contribution is -2.48. The van der Waals surface area contributed by atoms with Crippen molar-refractivity contribution in [2.45, 2.75) is 37.5 Å². The van der Waals surface area contributed by atoms with Crippen LogP contribution in [-0.4, -0.2) is 74.2 Å². The van der Waals surface area contributed by atoms with Gasteiger partial charge in [-0.3, -0.25) is 9.69 Å². The fourth-order valence-corrected chi connectivity index (χ4v) is 6.88. The molecule has 11 heteroatoms. The number of carbonyl (C=O) groups is 1. The van der Waals surface area contributed by atoms with E-state index in [1.54, 1.807) is 11.8 Å². The van der Waals surface area contributed by atoms with Crippen LogP contribution >= 0.6 is 27.7 Å². The zero-order valence-electron chi connectivity index (χ0n) is 24.3. The number of hydrogen-bond donors (Lipinski definition) is 0. The first-order chi connectivity index (χ1) is 21.6. The Labute approximate surface area is 268 Å². The fourth-order valence-electron chi connectivity index (χ4n) is 5.84. The molecule has 1 saturated heterocycles. The summed E-state index contributed by atoms with van der Waals surface area (Å²) in [6, 6.07) is 22.7. The molecule has 226 valence electrons. The Bertz CT molecular complexity index is 1790. The van der Waals surface area contributed by atoms with E-state index in [4.69, 9.17) is 14.5 Å². The molecule has 0 spiro atoms. The van der Waals surface area contributed by atoms with Crippen molar-refractivity contribution in [3.63, 3.8) is 0 Å². The Hall–Kier alpha value is -3.67. The van der Waals surface area contributed by atoms with Crippen molar-refractivity contribution in [2.75, 3.05) is 38.7 Å². The fraction of sp³-hybridized carbons (Fsp3) is 0.333. The molecule has 0 unspecified atom stereocenters. The van der Waals surface area contributed by atoms with Gasteiger partial charge in [0.15, 0.2) is 17.1 Å². The van der Waals surface area contributed by atoms with Gasteiger partial charge in [-0.2, -0.15) is 0 Å². The largest absolute Gasteiger partial charge is 0.454 e. The number of amides is 1.